The maximum atomic E-state index is 2.32. The molecule has 0 N–H and O–H groups in total. The first-order valence-electron chi connectivity index (χ1n) is 12.6. The van der Waals surface area contributed by atoms with E-state index in [0.717, 1.165) is 11.8 Å². The number of hydrogen-bond acceptors (Lipinski definition) is 0. The highest BCUT2D eigenvalue weighted by Gasteiger charge is 2.24. The SMILES string of the molecule is C1CCC(C2CCCCC2)CC1.C1CCCCC1.C1CCCCC1.IC(I)I. The monoisotopic (exact) mass is 728 g/mol. The fourth-order valence-electron chi connectivity index (χ4n) is 5.33. The number of hydrogen-bond donors (Lipinski definition) is 0. The lowest BCUT2D eigenvalue weighted by Gasteiger charge is -2.32. The topological polar surface area (TPSA) is 0 Å². The highest BCUT2D eigenvalue weighted by Crippen LogP contribution is 2.37. The van der Waals surface area contributed by atoms with Crippen LogP contribution in [0.25, 0.3) is 0 Å². The second-order valence-electron chi connectivity index (χ2n) is 9.29. The molecule has 4 rings (SSSR count). The number of halogens is 3. The van der Waals surface area contributed by atoms with Gasteiger partial charge in [0.1, 0.15) is -0.0619 Å². The molecule has 0 atom stereocenters. The van der Waals surface area contributed by atoms with Gasteiger partial charge in [-0.3, -0.25) is 0 Å². The van der Waals surface area contributed by atoms with Crippen LogP contribution in [0.5, 0.6) is 0 Å². The van der Waals surface area contributed by atoms with E-state index in [0.29, 0.717) is 0 Å². The molecule has 0 unspecified atom stereocenters. The third-order valence-electron chi connectivity index (χ3n) is 6.97. The smallest absolute Gasteiger partial charge is 0.0592 e. The first kappa shape index (κ1) is 28.2. The molecule has 3 heteroatoms. The van der Waals surface area contributed by atoms with Crippen molar-refractivity contribution in [3.05, 3.63) is 0 Å². The van der Waals surface area contributed by atoms with Crippen molar-refractivity contribution in [1.29, 1.82) is 0 Å². The van der Waals surface area contributed by atoms with Crippen LogP contribution < -0.4 is 0 Å². The van der Waals surface area contributed by atoms with Crippen molar-refractivity contribution in [2.45, 2.75) is 141 Å². The molecular formula is C25H47I3. The Hall–Kier alpha value is 2.19. The van der Waals surface area contributed by atoms with E-state index < -0.39 is 0 Å². The van der Waals surface area contributed by atoms with Crippen LogP contribution >= 0.6 is 67.8 Å². The van der Waals surface area contributed by atoms with Crippen molar-refractivity contribution in [2.75, 3.05) is 0 Å². The van der Waals surface area contributed by atoms with Crippen LogP contribution in [0.2, 0.25) is 0 Å². The van der Waals surface area contributed by atoms with Crippen LogP contribution in [-0.2, 0) is 0 Å². The van der Waals surface area contributed by atoms with Gasteiger partial charge in [-0.1, -0.05) is 209 Å². The molecule has 0 aromatic heterocycles. The Morgan fingerprint density at radius 3 is 0.643 bits per heavy atom. The maximum absolute atomic E-state index is 2.32. The van der Waals surface area contributed by atoms with Crippen molar-refractivity contribution in [1.82, 2.24) is 0 Å². The van der Waals surface area contributed by atoms with Crippen LogP contribution in [0.3, 0.4) is 0 Å². The van der Waals surface area contributed by atoms with E-state index in [2.05, 4.69) is 67.8 Å². The van der Waals surface area contributed by atoms with Crippen LogP contribution in [-0.4, -0.2) is -0.0619 Å². The van der Waals surface area contributed by atoms with Gasteiger partial charge in [0.25, 0.3) is 0 Å². The molecule has 0 saturated heterocycles. The summed E-state index contributed by atoms with van der Waals surface area (Å²) in [5.74, 6) is 2.28. The van der Waals surface area contributed by atoms with E-state index in [1.165, 1.54) is 116 Å². The van der Waals surface area contributed by atoms with Gasteiger partial charge in [-0.05, 0) is 11.8 Å². The molecule has 28 heavy (non-hydrogen) atoms. The Kier molecular flexibility index (Phi) is 21.2. The van der Waals surface area contributed by atoms with Crippen molar-refractivity contribution in [2.24, 2.45) is 11.8 Å². The average molecular weight is 728 g/mol. The zero-order valence-corrected chi connectivity index (χ0v) is 24.9. The minimum Gasteiger partial charge on any atom is -0.0592 e. The molecule has 0 aromatic rings. The van der Waals surface area contributed by atoms with Gasteiger partial charge in [0.05, 0.1) is 0 Å². The Bertz CT molecular complexity index is 245. The summed E-state index contributed by atoms with van der Waals surface area (Å²) in [6, 6.07) is 0. The van der Waals surface area contributed by atoms with Crippen LogP contribution in [0.4, 0.5) is 0 Å². The highest BCUT2D eigenvalue weighted by molar-refractivity contribution is 14.3. The largest absolute Gasteiger partial charge is 0.114 e. The first-order chi connectivity index (χ1) is 13.7. The standard InChI is InChI=1S/C12H22.2C6H12.CHI3/c1-3-7-11(8-4-1)12-9-5-2-6-10-12;2*1-2-4-6-5-3-1;2-1(3)4/h11-12H,1-10H2;2*1-6H2;1H. The molecule has 4 aliphatic rings. The van der Waals surface area contributed by atoms with Crippen LogP contribution in [0.1, 0.15) is 141 Å². The van der Waals surface area contributed by atoms with Gasteiger partial charge in [-0.15, -0.1) is 0 Å². The molecule has 0 aliphatic heterocycles. The molecule has 0 aromatic carbocycles. The van der Waals surface area contributed by atoms with E-state index in [9.17, 15) is 0 Å². The fraction of sp³-hybridized carbons (Fsp3) is 1.00. The van der Waals surface area contributed by atoms with Gasteiger partial charge in [-0.25, -0.2) is 0 Å². The van der Waals surface area contributed by atoms with Gasteiger partial charge in [0.15, 0.2) is 0 Å². The van der Waals surface area contributed by atoms with E-state index in [1.807, 2.05) is 0 Å². The summed E-state index contributed by atoms with van der Waals surface area (Å²) in [5.41, 5.74) is 0. The minimum absolute atomic E-state index is 0.743. The molecule has 0 heterocycles. The Morgan fingerprint density at radius 2 is 0.464 bits per heavy atom. The maximum Gasteiger partial charge on any atom is 0.114 e. The predicted octanol–water partition coefficient (Wildman–Crippen LogP) is 11.4. The molecule has 0 nitrogen and oxygen atoms in total. The molecule has 4 aliphatic carbocycles. The molecule has 0 amide bonds. The summed E-state index contributed by atoms with van der Waals surface area (Å²) in [6.07, 6.45) is 33.4. The second kappa shape index (κ2) is 21.1. The lowest BCUT2D eigenvalue weighted by Crippen LogP contribution is -2.20. The van der Waals surface area contributed by atoms with Crippen LogP contribution in [0.15, 0.2) is 0 Å². The van der Waals surface area contributed by atoms with Crippen LogP contribution in [0, 0.1) is 11.8 Å². The fourth-order valence-corrected chi connectivity index (χ4v) is 5.33. The third-order valence-corrected chi connectivity index (χ3v) is 6.97. The van der Waals surface area contributed by atoms with Gasteiger partial charge in [0, 0.05) is 0 Å². The predicted molar refractivity (Wildman–Crippen MR) is 154 cm³/mol. The van der Waals surface area contributed by atoms with E-state index >= 15 is 0 Å². The third kappa shape index (κ3) is 17.8. The van der Waals surface area contributed by atoms with Crippen molar-refractivity contribution in [3.8, 4) is 0 Å². The second-order valence-corrected chi connectivity index (χ2v) is 20.2. The summed E-state index contributed by atoms with van der Waals surface area (Å²) in [5, 5.41) is 0. The molecule has 4 fully saturated rings. The van der Waals surface area contributed by atoms with Gasteiger partial charge >= 0.3 is 0 Å². The van der Waals surface area contributed by atoms with E-state index in [1.54, 1.807) is 25.7 Å². The van der Waals surface area contributed by atoms with E-state index in [4.69, 9.17) is 0 Å². The molecule has 0 radical (unpaired) electrons. The first-order valence-corrected chi connectivity index (χ1v) is 16.4. The lowest BCUT2D eigenvalue weighted by molar-refractivity contribution is 0.196. The molecule has 0 bridgehead atoms. The van der Waals surface area contributed by atoms with Crippen molar-refractivity contribution < 1.29 is 0 Å². The summed E-state index contributed by atoms with van der Waals surface area (Å²) < 4.78 is 0.743. The average Bonchev–Trinajstić information content (AvgIpc) is 2.78. The number of alkyl halides is 3. The number of rotatable bonds is 1. The highest BCUT2D eigenvalue weighted by atomic mass is 127. The zero-order chi connectivity index (χ0) is 20.3. The van der Waals surface area contributed by atoms with Crippen molar-refractivity contribution >= 4 is 67.8 Å². The molecule has 168 valence electrons. The zero-order valence-electron chi connectivity index (χ0n) is 18.4. The summed E-state index contributed by atoms with van der Waals surface area (Å²) >= 11 is 6.95. The quantitative estimate of drug-likeness (QED) is 0.186. The summed E-state index contributed by atoms with van der Waals surface area (Å²) in [7, 11) is 0. The van der Waals surface area contributed by atoms with Gasteiger partial charge < -0.3 is 0 Å². The summed E-state index contributed by atoms with van der Waals surface area (Å²) in [4.78, 5) is 0. The lowest BCUT2D eigenvalue weighted by atomic mass is 9.73. The Labute approximate surface area is 218 Å². The summed E-state index contributed by atoms with van der Waals surface area (Å²) in [6.45, 7) is 0. The molecule has 4 saturated carbocycles. The molecule has 0 spiro atoms. The normalized spacial score (nSPS) is 24.0. The Morgan fingerprint density at radius 1 is 0.321 bits per heavy atom. The van der Waals surface area contributed by atoms with Gasteiger partial charge in [-0.2, -0.15) is 0 Å². The van der Waals surface area contributed by atoms with Crippen molar-refractivity contribution in [3.63, 3.8) is 0 Å². The minimum atomic E-state index is 0.743. The molecular weight excluding hydrogens is 681 g/mol. The van der Waals surface area contributed by atoms with Gasteiger partial charge in [0.2, 0.25) is 0 Å². The van der Waals surface area contributed by atoms with E-state index in [-0.39, 0.29) is 0 Å². The Balaban J connectivity index is 0.000000208.